The van der Waals surface area contributed by atoms with Crippen molar-refractivity contribution in [1.82, 2.24) is 4.90 Å². The molecule has 0 amide bonds. The van der Waals surface area contributed by atoms with Gasteiger partial charge in [0, 0.05) is 19.6 Å². The Kier molecular flexibility index (Phi) is 5.23. The maximum absolute atomic E-state index is 5.78. The zero-order valence-electron chi connectivity index (χ0n) is 12.1. The summed E-state index contributed by atoms with van der Waals surface area (Å²) in [7, 11) is 0. The topological polar surface area (TPSA) is 38.5 Å². The third kappa shape index (κ3) is 4.22. The first-order chi connectivity index (χ1) is 9.19. The van der Waals surface area contributed by atoms with Crippen LogP contribution in [0.1, 0.15) is 25.8 Å². The molecule has 3 nitrogen and oxygen atoms in total. The van der Waals surface area contributed by atoms with Crippen LogP contribution in [0.3, 0.4) is 0 Å². The Bertz CT molecular complexity index is 375. The minimum Gasteiger partial charge on any atom is -0.492 e. The van der Waals surface area contributed by atoms with Crippen molar-refractivity contribution in [3.05, 3.63) is 29.8 Å². The van der Waals surface area contributed by atoms with Gasteiger partial charge in [0.25, 0.3) is 0 Å². The van der Waals surface area contributed by atoms with Crippen molar-refractivity contribution in [1.29, 1.82) is 0 Å². The first-order valence-electron chi connectivity index (χ1n) is 7.33. The molecule has 1 unspecified atom stereocenters. The number of benzene rings is 1. The molecule has 1 atom stereocenters. The summed E-state index contributed by atoms with van der Waals surface area (Å²) in [5.41, 5.74) is 6.72. The van der Waals surface area contributed by atoms with Gasteiger partial charge in [-0.1, -0.05) is 26.0 Å². The number of hydrogen-bond acceptors (Lipinski definition) is 3. The largest absolute Gasteiger partial charge is 0.492 e. The number of nitrogens with two attached hydrogens (primary N) is 1. The molecule has 106 valence electrons. The van der Waals surface area contributed by atoms with E-state index in [0.29, 0.717) is 6.54 Å². The molecule has 3 heteroatoms. The summed E-state index contributed by atoms with van der Waals surface area (Å²) < 4.78 is 5.78. The van der Waals surface area contributed by atoms with E-state index >= 15 is 0 Å². The molecule has 1 saturated heterocycles. The highest BCUT2D eigenvalue weighted by Crippen LogP contribution is 2.23. The third-order valence-electron chi connectivity index (χ3n) is 4.09. The Labute approximate surface area is 116 Å². The van der Waals surface area contributed by atoms with Gasteiger partial charge in [-0.25, -0.2) is 0 Å². The molecule has 1 aliphatic heterocycles. The molecular weight excluding hydrogens is 236 g/mol. The summed E-state index contributed by atoms with van der Waals surface area (Å²) in [5.74, 6) is 2.61. The van der Waals surface area contributed by atoms with Crippen LogP contribution in [0.15, 0.2) is 24.3 Å². The molecule has 2 N–H and O–H groups in total. The van der Waals surface area contributed by atoms with Gasteiger partial charge in [0.15, 0.2) is 0 Å². The third-order valence-corrected chi connectivity index (χ3v) is 4.09. The standard InChI is InChI=1S/C16H26N2O/c1-13(2)15-7-8-18(12-15)9-10-19-16-5-3-14(11-17)4-6-16/h3-6,13,15H,7-12,17H2,1-2H3. The lowest BCUT2D eigenvalue weighted by atomic mass is 9.95. The van der Waals surface area contributed by atoms with Gasteiger partial charge < -0.3 is 10.5 Å². The Morgan fingerprint density at radius 2 is 2.05 bits per heavy atom. The second-order valence-electron chi connectivity index (χ2n) is 5.79. The number of hydrogen-bond donors (Lipinski definition) is 1. The zero-order chi connectivity index (χ0) is 13.7. The van der Waals surface area contributed by atoms with Gasteiger partial charge in [-0.3, -0.25) is 4.90 Å². The van der Waals surface area contributed by atoms with E-state index in [4.69, 9.17) is 10.5 Å². The number of ether oxygens (including phenoxy) is 1. The molecule has 0 aromatic heterocycles. The molecule has 0 aliphatic carbocycles. The van der Waals surface area contributed by atoms with Crippen LogP contribution in [0.4, 0.5) is 0 Å². The summed E-state index contributed by atoms with van der Waals surface area (Å²) in [6.45, 7) is 9.48. The molecule has 1 aromatic rings. The Hall–Kier alpha value is -1.06. The van der Waals surface area contributed by atoms with Crippen LogP contribution >= 0.6 is 0 Å². The molecule has 1 aromatic carbocycles. The SMILES string of the molecule is CC(C)C1CCN(CCOc2ccc(CN)cc2)C1. The Morgan fingerprint density at radius 3 is 2.63 bits per heavy atom. The molecule has 0 bridgehead atoms. The Balaban J connectivity index is 1.69. The highest BCUT2D eigenvalue weighted by atomic mass is 16.5. The van der Waals surface area contributed by atoms with Crippen LogP contribution in [0.2, 0.25) is 0 Å². The van der Waals surface area contributed by atoms with Crippen LogP contribution in [0, 0.1) is 11.8 Å². The number of likely N-dealkylation sites (tertiary alicyclic amines) is 1. The summed E-state index contributed by atoms with van der Waals surface area (Å²) >= 11 is 0. The van der Waals surface area contributed by atoms with E-state index in [-0.39, 0.29) is 0 Å². The monoisotopic (exact) mass is 262 g/mol. The highest BCUT2D eigenvalue weighted by molar-refractivity contribution is 5.27. The lowest BCUT2D eigenvalue weighted by Crippen LogP contribution is -2.27. The maximum atomic E-state index is 5.78. The lowest BCUT2D eigenvalue weighted by molar-refractivity contribution is 0.227. The van der Waals surface area contributed by atoms with E-state index in [9.17, 15) is 0 Å². The van der Waals surface area contributed by atoms with E-state index in [0.717, 1.165) is 36.3 Å². The maximum Gasteiger partial charge on any atom is 0.119 e. The smallest absolute Gasteiger partial charge is 0.119 e. The summed E-state index contributed by atoms with van der Waals surface area (Å²) in [4.78, 5) is 2.51. The summed E-state index contributed by atoms with van der Waals surface area (Å²) in [6, 6.07) is 8.06. The van der Waals surface area contributed by atoms with Crippen molar-refractivity contribution in [2.24, 2.45) is 17.6 Å². The zero-order valence-corrected chi connectivity index (χ0v) is 12.1. The van der Waals surface area contributed by atoms with E-state index in [2.05, 4.69) is 18.7 Å². The van der Waals surface area contributed by atoms with Crippen molar-refractivity contribution >= 4 is 0 Å². The first-order valence-corrected chi connectivity index (χ1v) is 7.33. The molecule has 0 radical (unpaired) electrons. The van der Waals surface area contributed by atoms with Gasteiger partial charge in [-0.15, -0.1) is 0 Å². The Morgan fingerprint density at radius 1 is 1.32 bits per heavy atom. The van der Waals surface area contributed by atoms with Crippen LogP contribution in [-0.4, -0.2) is 31.1 Å². The van der Waals surface area contributed by atoms with Crippen LogP contribution in [0.5, 0.6) is 5.75 Å². The van der Waals surface area contributed by atoms with Gasteiger partial charge in [0.05, 0.1) is 0 Å². The van der Waals surface area contributed by atoms with Gasteiger partial charge >= 0.3 is 0 Å². The van der Waals surface area contributed by atoms with Crippen LogP contribution < -0.4 is 10.5 Å². The lowest BCUT2D eigenvalue weighted by Gasteiger charge is -2.18. The molecule has 2 rings (SSSR count). The van der Waals surface area contributed by atoms with Crippen molar-refractivity contribution in [2.75, 3.05) is 26.2 Å². The van der Waals surface area contributed by atoms with Crippen LogP contribution in [-0.2, 0) is 6.54 Å². The van der Waals surface area contributed by atoms with Crippen LogP contribution in [0.25, 0.3) is 0 Å². The van der Waals surface area contributed by atoms with Crippen molar-refractivity contribution in [3.63, 3.8) is 0 Å². The van der Waals surface area contributed by atoms with Crippen molar-refractivity contribution < 1.29 is 4.74 Å². The van der Waals surface area contributed by atoms with E-state index < -0.39 is 0 Å². The van der Waals surface area contributed by atoms with Crippen molar-refractivity contribution in [3.8, 4) is 5.75 Å². The molecule has 0 saturated carbocycles. The second-order valence-corrected chi connectivity index (χ2v) is 5.79. The van der Waals surface area contributed by atoms with Gasteiger partial charge in [0.1, 0.15) is 12.4 Å². The van der Waals surface area contributed by atoms with E-state index in [1.165, 1.54) is 19.5 Å². The molecule has 1 heterocycles. The molecule has 0 spiro atoms. The van der Waals surface area contributed by atoms with E-state index in [1.807, 2.05) is 24.3 Å². The van der Waals surface area contributed by atoms with E-state index in [1.54, 1.807) is 0 Å². The fourth-order valence-electron chi connectivity index (χ4n) is 2.62. The van der Waals surface area contributed by atoms with Crippen molar-refractivity contribution in [2.45, 2.75) is 26.8 Å². The minimum absolute atomic E-state index is 0.588. The average molecular weight is 262 g/mol. The predicted molar refractivity (Wildman–Crippen MR) is 79.2 cm³/mol. The van der Waals surface area contributed by atoms with Gasteiger partial charge in [-0.05, 0) is 42.5 Å². The number of nitrogens with zero attached hydrogens (tertiary/aromatic N) is 1. The fourth-order valence-corrected chi connectivity index (χ4v) is 2.62. The molecule has 19 heavy (non-hydrogen) atoms. The number of rotatable bonds is 6. The molecule has 1 fully saturated rings. The summed E-state index contributed by atoms with van der Waals surface area (Å²) in [5, 5.41) is 0. The quantitative estimate of drug-likeness (QED) is 0.856. The molecule has 1 aliphatic rings. The minimum atomic E-state index is 0.588. The predicted octanol–water partition coefficient (Wildman–Crippen LogP) is 2.50. The van der Waals surface area contributed by atoms with Gasteiger partial charge in [-0.2, -0.15) is 0 Å². The first kappa shape index (κ1) is 14.4. The van der Waals surface area contributed by atoms with Gasteiger partial charge in [0.2, 0.25) is 0 Å². The summed E-state index contributed by atoms with van der Waals surface area (Å²) in [6.07, 6.45) is 1.34. The highest BCUT2D eigenvalue weighted by Gasteiger charge is 2.24. The normalized spacial score (nSPS) is 20.1. The fraction of sp³-hybridized carbons (Fsp3) is 0.625. The second kappa shape index (κ2) is 6.92. The average Bonchev–Trinajstić information content (AvgIpc) is 2.89. The molecular formula is C16H26N2O.